The van der Waals surface area contributed by atoms with Crippen molar-refractivity contribution >= 4 is 17.4 Å². The van der Waals surface area contributed by atoms with Gasteiger partial charge in [0.1, 0.15) is 16.5 Å². The Morgan fingerprint density at radius 3 is 2.03 bits per heavy atom. The molecule has 1 saturated heterocycles. The molecule has 0 atom stereocenters. The lowest BCUT2D eigenvalue weighted by molar-refractivity contribution is -0.0372. The second kappa shape index (κ2) is 9.38. The van der Waals surface area contributed by atoms with Crippen LogP contribution in [0.4, 0.5) is 4.79 Å². The standard InChI is InChI=1S/C24H28N4O4S/c1-27(30)23(29)28-14-12-24(25,13-15-28)22-26-20(16-4-8-18(31-2)9-5-16)21(33-22)17-6-10-19(32-3)11-7-17/h4-11,30H,12-15,25H2,1-3H3. The van der Waals surface area contributed by atoms with Crippen LogP contribution in [0.15, 0.2) is 48.5 Å². The van der Waals surface area contributed by atoms with Gasteiger partial charge >= 0.3 is 6.03 Å². The molecule has 0 spiro atoms. The number of likely N-dealkylation sites (tertiary alicyclic amines) is 1. The number of methoxy groups -OCH3 is 2. The van der Waals surface area contributed by atoms with Gasteiger partial charge in [0.05, 0.1) is 30.3 Å². The Labute approximate surface area is 197 Å². The Kier molecular flexibility index (Phi) is 6.55. The summed E-state index contributed by atoms with van der Waals surface area (Å²) in [6, 6.07) is 15.3. The van der Waals surface area contributed by atoms with Crippen molar-refractivity contribution in [3.63, 3.8) is 0 Å². The molecule has 33 heavy (non-hydrogen) atoms. The molecule has 9 heteroatoms. The summed E-state index contributed by atoms with van der Waals surface area (Å²) in [5, 5.41) is 10.9. The molecule has 0 bridgehead atoms. The average Bonchev–Trinajstić information content (AvgIpc) is 3.30. The van der Waals surface area contributed by atoms with Crippen LogP contribution in [-0.2, 0) is 5.54 Å². The number of hydroxylamine groups is 2. The Hall–Kier alpha value is -3.14. The molecule has 3 N–H and O–H groups in total. The van der Waals surface area contributed by atoms with Crippen molar-refractivity contribution in [1.82, 2.24) is 14.9 Å². The maximum Gasteiger partial charge on any atom is 0.343 e. The first-order valence-corrected chi connectivity index (χ1v) is 11.5. The van der Waals surface area contributed by atoms with Gasteiger partial charge in [-0.25, -0.2) is 14.8 Å². The minimum atomic E-state index is -0.651. The minimum Gasteiger partial charge on any atom is -0.497 e. The predicted octanol–water partition coefficient (Wildman–Crippen LogP) is 4.19. The molecule has 2 heterocycles. The minimum absolute atomic E-state index is 0.422. The fourth-order valence-electron chi connectivity index (χ4n) is 3.93. The third-order valence-corrected chi connectivity index (χ3v) is 7.30. The zero-order valence-electron chi connectivity index (χ0n) is 18.9. The Morgan fingerprint density at radius 1 is 1.03 bits per heavy atom. The summed E-state index contributed by atoms with van der Waals surface area (Å²) in [4.78, 5) is 19.7. The molecule has 1 aliphatic rings. The topological polar surface area (TPSA) is 101 Å². The second-order valence-electron chi connectivity index (χ2n) is 8.10. The van der Waals surface area contributed by atoms with Crippen LogP contribution in [0.1, 0.15) is 17.8 Å². The van der Waals surface area contributed by atoms with Gasteiger partial charge < -0.3 is 20.1 Å². The number of piperidine rings is 1. The molecular weight excluding hydrogens is 440 g/mol. The number of carbonyl (C=O) groups is 1. The molecule has 1 fully saturated rings. The molecule has 8 nitrogen and oxygen atoms in total. The number of hydrogen-bond acceptors (Lipinski definition) is 7. The number of hydrogen-bond donors (Lipinski definition) is 2. The van der Waals surface area contributed by atoms with Crippen molar-refractivity contribution in [2.45, 2.75) is 18.4 Å². The monoisotopic (exact) mass is 468 g/mol. The number of rotatable bonds is 5. The number of benzene rings is 2. The van der Waals surface area contributed by atoms with Gasteiger partial charge in [-0.15, -0.1) is 11.3 Å². The highest BCUT2D eigenvalue weighted by molar-refractivity contribution is 7.15. The Morgan fingerprint density at radius 2 is 1.55 bits per heavy atom. The highest BCUT2D eigenvalue weighted by Crippen LogP contribution is 2.43. The van der Waals surface area contributed by atoms with Crippen LogP contribution in [0, 0.1) is 0 Å². The quantitative estimate of drug-likeness (QED) is 0.430. The van der Waals surface area contributed by atoms with Crippen LogP contribution in [0.3, 0.4) is 0 Å². The summed E-state index contributed by atoms with van der Waals surface area (Å²) >= 11 is 1.58. The summed E-state index contributed by atoms with van der Waals surface area (Å²) in [6.07, 6.45) is 1.12. The first kappa shape index (κ1) is 23.0. The molecule has 0 saturated carbocycles. The van der Waals surface area contributed by atoms with Gasteiger partial charge in [-0.3, -0.25) is 5.21 Å². The summed E-state index contributed by atoms with van der Waals surface area (Å²) in [5.74, 6) is 1.57. The van der Waals surface area contributed by atoms with E-state index in [1.165, 1.54) is 7.05 Å². The van der Waals surface area contributed by atoms with E-state index in [4.69, 9.17) is 20.2 Å². The number of thiazole rings is 1. The zero-order chi connectivity index (χ0) is 23.6. The number of ether oxygens (including phenoxy) is 2. The van der Waals surface area contributed by atoms with E-state index in [1.54, 1.807) is 30.5 Å². The lowest BCUT2D eigenvalue weighted by atomic mass is 9.89. The molecule has 0 unspecified atom stereocenters. The number of nitrogens with two attached hydrogens (primary N) is 1. The van der Waals surface area contributed by atoms with Gasteiger partial charge in [0.15, 0.2) is 0 Å². The van der Waals surface area contributed by atoms with Gasteiger partial charge in [-0.2, -0.15) is 0 Å². The normalized spacial score (nSPS) is 15.2. The summed E-state index contributed by atoms with van der Waals surface area (Å²) < 4.78 is 10.6. The van der Waals surface area contributed by atoms with Crippen molar-refractivity contribution in [1.29, 1.82) is 0 Å². The summed E-state index contributed by atoms with van der Waals surface area (Å²) in [5.41, 5.74) is 9.06. The van der Waals surface area contributed by atoms with Crippen molar-refractivity contribution in [2.24, 2.45) is 5.73 Å². The molecule has 3 aromatic rings. The highest BCUT2D eigenvalue weighted by atomic mass is 32.1. The van der Waals surface area contributed by atoms with Crippen molar-refractivity contribution in [3.8, 4) is 33.2 Å². The zero-order valence-corrected chi connectivity index (χ0v) is 19.8. The average molecular weight is 469 g/mol. The molecule has 1 aliphatic heterocycles. The van der Waals surface area contributed by atoms with Gasteiger partial charge in [0, 0.05) is 25.7 Å². The lowest BCUT2D eigenvalue weighted by Crippen LogP contribution is -2.51. The number of amides is 2. The second-order valence-corrected chi connectivity index (χ2v) is 9.10. The van der Waals surface area contributed by atoms with Gasteiger partial charge in [0.2, 0.25) is 0 Å². The van der Waals surface area contributed by atoms with Gasteiger partial charge in [-0.05, 0) is 66.9 Å². The van der Waals surface area contributed by atoms with Crippen LogP contribution in [0.25, 0.3) is 21.7 Å². The molecule has 1 aromatic heterocycles. The van der Waals surface area contributed by atoms with Crippen molar-refractivity contribution < 1.29 is 19.5 Å². The van der Waals surface area contributed by atoms with Gasteiger partial charge in [0.25, 0.3) is 0 Å². The number of nitrogens with zero attached hydrogens (tertiary/aromatic N) is 3. The Balaban J connectivity index is 1.70. The van der Waals surface area contributed by atoms with Crippen LogP contribution < -0.4 is 15.2 Å². The summed E-state index contributed by atoms with van der Waals surface area (Å²) in [7, 11) is 4.62. The van der Waals surface area contributed by atoms with Crippen LogP contribution in [0.5, 0.6) is 11.5 Å². The van der Waals surface area contributed by atoms with E-state index in [2.05, 4.69) is 0 Å². The predicted molar refractivity (Wildman–Crippen MR) is 128 cm³/mol. The fourth-order valence-corrected chi connectivity index (χ4v) is 5.18. The van der Waals surface area contributed by atoms with Crippen LogP contribution in [0.2, 0.25) is 0 Å². The third kappa shape index (κ3) is 4.66. The number of carbonyl (C=O) groups excluding carboxylic acids is 1. The number of urea groups is 1. The fraction of sp³-hybridized carbons (Fsp3) is 0.333. The smallest absolute Gasteiger partial charge is 0.343 e. The molecule has 0 aliphatic carbocycles. The molecule has 0 radical (unpaired) electrons. The van der Waals surface area contributed by atoms with E-state index in [0.717, 1.165) is 38.2 Å². The molecular formula is C24H28N4O4S. The molecule has 4 rings (SSSR count). The largest absolute Gasteiger partial charge is 0.497 e. The van der Waals surface area contributed by atoms with E-state index in [1.807, 2.05) is 48.5 Å². The van der Waals surface area contributed by atoms with E-state index in [0.29, 0.717) is 31.0 Å². The first-order chi connectivity index (χ1) is 15.8. The maximum absolute atomic E-state index is 12.1. The Bertz CT molecular complexity index is 1040. The summed E-state index contributed by atoms with van der Waals surface area (Å²) in [6.45, 7) is 0.908. The van der Waals surface area contributed by atoms with Gasteiger partial charge in [-0.1, -0.05) is 0 Å². The maximum atomic E-state index is 12.1. The van der Waals surface area contributed by atoms with Crippen molar-refractivity contribution in [3.05, 3.63) is 53.5 Å². The van der Waals surface area contributed by atoms with E-state index < -0.39 is 11.6 Å². The van der Waals surface area contributed by atoms with Crippen molar-refractivity contribution in [2.75, 3.05) is 34.4 Å². The highest BCUT2D eigenvalue weighted by Gasteiger charge is 2.38. The van der Waals surface area contributed by atoms with Crippen LogP contribution >= 0.6 is 11.3 Å². The lowest BCUT2D eigenvalue weighted by Gasteiger charge is -2.38. The SMILES string of the molecule is COc1ccc(-c2nc(C3(N)CCN(C(=O)N(C)O)CC3)sc2-c2ccc(OC)cc2)cc1. The van der Waals surface area contributed by atoms with E-state index in [9.17, 15) is 10.0 Å². The number of aromatic nitrogens is 1. The van der Waals surface area contributed by atoms with Crippen LogP contribution in [-0.4, -0.2) is 60.5 Å². The first-order valence-electron chi connectivity index (χ1n) is 10.6. The molecule has 174 valence electrons. The third-order valence-electron chi connectivity index (χ3n) is 5.97. The molecule has 2 amide bonds. The van der Waals surface area contributed by atoms with E-state index >= 15 is 0 Å². The van der Waals surface area contributed by atoms with E-state index in [-0.39, 0.29) is 0 Å². The molecule has 2 aromatic carbocycles.